The lowest BCUT2D eigenvalue weighted by Gasteiger charge is -2.37. The Labute approximate surface area is 180 Å². The molecule has 2 saturated heterocycles. The van der Waals surface area contributed by atoms with E-state index in [4.69, 9.17) is 8.94 Å². The minimum atomic E-state index is -2.85. The Morgan fingerprint density at radius 3 is 2.58 bits per heavy atom. The van der Waals surface area contributed by atoms with Crippen LogP contribution in [-0.2, 0) is 16.4 Å². The molecular formula is C21H25N5O4S. The molecule has 0 radical (unpaired) electrons. The van der Waals surface area contributed by atoms with Gasteiger partial charge in [0, 0.05) is 37.8 Å². The van der Waals surface area contributed by atoms with Crippen LogP contribution < -0.4 is 0 Å². The first-order valence-electron chi connectivity index (χ1n) is 10.5. The number of aryl methyl sites for hydroxylation is 1. The average molecular weight is 444 g/mol. The lowest BCUT2D eigenvalue weighted by atomic mass is 10.1. The summed E-state index contributed by atoms with van der Waals surface area (Å²) in [7, 11) is -2.85. The summed E-state index contributed by atoms with van der Waals surface area (Å²) < 4.78 is 34.9. The van der Waals surface area contributed by atoms with E-state index >= 15 is 0 Å². The van der Waals surface area contributed by atoms with Crippen molar-refractivity contribution in [2.75, 3.05) is 37.7 Å². The zero-order valence-corrected chi connectivity index (χ0v) is 18.2. The molecule has 5 rings (SSSR count). The fraction of sp³-hybridized carbons (Fsp3) is 0.476. The zero-order chi connectivity index (χ0) is 21.4. The standard InChI is InChI=1S/C21H25N5O4S/c1-15-19(20(24-30-15)16-5-3-2-4-6-16)21-23-22-18(29-21)13-25-8-10-26(11-9-25)17-7-12-31(27,28)14-17/h2-6,17H,7-14H2,1H3/t17-/m1/s1. The molecule has 9 nitrogen and oxygen atoms in total. The Morgan fingerprint density at radius 2 is 1.87 bits per heavy atom. The number of benzene rings is 1. The Hall–Kier alpha value is -2.56. The third-order valence-corrected chi connectivity index (χ3v) is 7.83. The van der Waals surface area contributed by atoms with E-state index in [1.165, 1.54) is 0 Å². The second-order valence-corrected chi connectivity index (χ2v) is 10.4. The number of rotatable bonds is 5. The molecule has 0 aliphatic carbocycles. The Balaban J connectivity index is 1.24. The van der Waals surface area contributed by atoms with Crippen molar-refractivity contribution < 1.29 is 17.4 Å². The van der Waals surface area contributed by atoms with Crippen LogP contribution in [0.3, 0.4) is 0 Å². The maximum Gasteiger partial charge on any atom is 0.253 e. The van der Waals surface area contributed by atoms with Crippen molar-refractivity contribution in [1.29, 1.82) is 0 Å². The summed E-state index contributed by atoms with van der Waals surface area (Å²) in [6, 6.07) is 9.94. The van der Waals surface area contributed by atoms with E-state index in [0.29, 0.717) is 41.3 Å². The van der Waals surface area contributed by atoms with E-state index in [1.54, 1.807) is 0 Å². The Bertz CT molecular complexity index is 1150. The molecule has 0 bridgehead atoms. The third-order valence-electron chi connectivity index (χ3n) is 6.08. The van der Waals surface area contributed by atoms with Crippen LogP contribution in [-0.4, -0.2) is 77.3 Å². The van der Waals surface area contributed by atoms with E-state index in [9.17, 15) is 8.42 Å². The second-order valence-electron chi connectivity index (χ2n) is 8.20. The van der Waals surface area contributed by atoms with Crippen LogP contribution >= 0.6 is 0 Å². The van der Waals surface area contributed by atoms with Crippen LogP contribution in [0.4, 0.5) is 0 Å². The van der Waals surface area contributed by atoms with Gasteiger partial charge in [-0.2, -0.15) is 0 Å². The van der Waals surface area contributed by atoms with E-state index in [0.717, 1.165) is 43.7 Å². The molecule has 0 saturated carbocycles. The van der Waals surface area contributed by atoms with E-state index in [2.05, 4.69) is 25.2 Å². The van der Waals surface area contributed by atoms with Crippen LogP contribution in [0.2, 0.25) is 0 Å². The number of aromatic nitrogens is 3. The predicted octanol–water partition coefficient (Wildman–Crippen LogP) is 2.00. The molecule has 2 fully saturated rings. The fourth-order valence-corrected chi connectivity index (χ4v) is 6.14. The molecule has 3 aromatic rings. The van der Waals surface area contributed by atoms with Crippen LogP contribution in [0.1, 0.15) is 18.1 Å². The first kappa shape index (κ1) is 20.3. The van der Waals surface area contributed by atoms with Crippen molar-refractivity contribution in [1.82, 2.24) is 25.2 Å². The van der Waals surface area contributed by atoms with Crippen LogP contribution in [0, 0.1) is 6.92 Å². The van der Waals surface area contributed by atoms with E-state index in [1.807, 2.05) is 37.3 Å². The summed E-state index contributed by atoms with van der Waals surface area (Å²) in [5.41, 5.74) is 2.34. The number of hydrogen-bond acceptors (Lipinski definition) is 9. The molecule has 0 spiro atoms. The lowest BCUT2D eigenvalue weighted by molar-refractivity contribution is 0.0944. The monoisotopic (exact) mass is 443 g/mol. The molecule has 4 heterocycles. The molecule has 10 heteroatoms. The number of sulfone groups is 1. The first-order valence-corrected chi connectivity index (χ1v) is 12.3. The van der Waals surface area contributed by atoms with Gasteiger partial charge in [-0.25, -0.2) is 8.42 Å². The third kappa shape index (κ3) is 4.28. The molecule has 0 N–H and O–H groups in total. The van der Waals surface area contributed by atoms with E-state index in [-0.39, 0.29) is 6.04 Å². The maximum absolute atomic E-state index is 11.8. The highest BCUT2D eigenvalue weighted by atomic mass is 32.2. The highest BCUT2D eigenvalue weighted by molar-refractivity contribution is 7.91. The Kier molecular flexibility index (Phi) is 5.37. The number of hydrogen-bond donors (Lipinski definition) is 0. The normalized spacial score (nSPS) is 22.2. The molecule has 31 heavy (non-hydrogen) atoms. The van der Waals surface area contributed by atoms with Crippen molar-refractivity contribution >= 4 is 9.84 Å². The van der Waals surface area contributed by atoms with Gasteiger partial charge < -0.3 is 8.94 Å². The summed E-state index contributed by atoms with van der Waals surface area (Å²) in [5, 5.41) is 12.7. The van der Waals surface area contributed by atoms with E-state index < -0.39 is 9.84 Å². The van der Waals surface area contributed by atoms with Crippen molar-refractivity contribution in [3.05, 3.63) is 42.0 Å². The molecule has 0 amide bonds. The molecule has 2 aliphatic heterocycles. The quantitative estimate of drug-likeness (QED) is 0.585. The topological polar surface area (TPSA) is 106 Å². The van der Waals surface area contributed by atoms with Crippen molar-refractivity contribution in [3.8, 4) is 22.7 Å². The van der Waals surface area contributed by atoms with Crippen molar-refractivity contribution in [2.45, 2.75) is 25.9 Å². The summed E-state index contributed by atoms with van der Waals surface area (Å²) in [6.07, 6.45) is 0.747. The number of piperazine rings is 1. The Morgan fingerprint density at radius 1 is 1.10 bits per heavy atom. The van der Waals surface area contributed by atoms with Gasteiger partial charge in [-0.3, -0.25) is 9.80 Å². The molecule has 164 valence electrons. The summed E-state index contributed by atoms with van der Waals surface area (Å²) in [4.78, 5) is 4.56. The van der Waals surface area contributed by atoms with Gasteiger partial charge in [-0.15, -0.1) is 10.2 Å². The summed E-state index contributed by atoms with van der Waals surface area (Å²) in [6.45, 7) is 5.79. The molecular weight excluding hydrogens is 418 g/mol. The lowest BCUT2D eigenvalue weighted by Crippen LogP contribution is -2.50. The first-order chi connectivity index (χ1) is 15.0. The summed E-state index contributed by atoms with van der Waals surface area (Å²) >= 11 is 0. The van der Waals surface area contributed by atoms with Crippen LogP contribution in [0.5, 0.6) is 0 Å². The zero-order valence-electron chi connectivity index (χ0n) is 17.4. The maximum atomic E-state index is 11.8. The van der Waals surface area contributed by atoms with Gasteiger partial charge in [0.15, 0.2) is 9.84 Å². The highest BCUT2D eigenvalue weighted by Gasteiger charge is 2.34. The minimum absolute atomic E-state index is 0.162. The highest BCUT2D eigenvalue weighted by Crippen LogP contribution is 2.33. The van der Waals surface area contributed by atoms with Gasteiger partial charge in [0.05, 0.1) is 18.1 Å². The van der Waals surface area contributed by atoms with Crippen molar-refractivity contribution in [2.24, 2.45) is 0 Å². The van der Waals surface area contributed by atoms with Gasteiger partial charge >= 0.3 is 0 Å². The second kappa shape index (κ2) is 8.18. The smallest absolute Gasteiger partial charge is 0.253 e. The van der Waals surface area contributed by atoms with Crippen molar-refractivity contribution in [3.63, 3.8) is 0 Å². The molecule has 1 atom stereocenters. The number of nitrogens with zero attached hydrogens (tertiary/aromatic N) is 5. The minimum Gasteiger partial charge on any atom is -0.419 e. The van der Waals surface area contributed by atoms with Gasteiger partial charge in [0.2, 0.25) is 5.89 Å². The molecule has 2 aliphatic rings. The summed E-state index contributed by atoms with van der Waals surface area (Å²) in [5.74, 6) is 2.20. The molecule has 1 aromatic carbocycles. The molecule has 2 aromatic heterocycles. The SMILES string of the molecule is Cc1onc(-c2ccccc2)c1-c1nnc(CN2CCN([C@@H]3CCS(=O)(=O)C3)CC2)o1. The fourth-order valence-electron chi connectivity index (χ4n) is 4.38. The van der Waals surface area contributed by atoms with Crippen LogP contribution in [0.25, 0.3) is 22.7 Å². The van der Waals surface area contributed by atoms with Crippen LogP contribution in [0.15, 0.2) is 39.3 Å². The van der Waals surface area contributed by atoms with Gasteiger partial charge in [-0.05, 0) is 13.3 Å². The van der Waals surface area contributed by atoms with Gasteiger partial charge in [0.1, 0.15) is 17.0 Å². The largest absolute Gasteiger partial charge is 0.419 e. The average Bonchev–Trinajstić information content (AvgIpc) is 3.47. The molecule has 0 unspecified atom stereocenters. The van der Waals surface area contributed by atoms with Gasteiger partial charge in [-0.1, -0.05) is 35.5 Å². The predicted molar refractivity (Wildman–Crippen MR) is 114 cm³/mol. The van der Waals surface area contributed by atoms with Gasteiger partial charge in [0.25, 0.3) is 5.89 Å².